The van der Waals surface area contributed by atoms with Crippen molar-refractivity contribution in [2.45, 2.75) is 0 Å². The normalized spacial score (nSPS) is 11.4. The Hall–Kier alpha value is -3.84. The highest BCUT2D eigenvalue weighted by molar-refractivity contribution is 9.10. The zero-order valence-corrected chi connectivity index (χ0v) is 18.2. The second-order valence-electron chi connectivity index (χ2n) is 7.01. The van der Waals surface area contributed by atoms with E-state index in [1.54, 1.807) is 36.4 Å². The van der Waals surface area contributed by atoms with E-state index in [2.05, 4.69) is 26.0 Å². The van der Waals surface area contributed by atoms with E-state index in [1.807, 2.05) is 36.4 Å². The predicted molar refractivity (Wildman–Crippen MR) is 126 cm³/mol. The molecule has 0 saturated carbocycles. The molecule has 0 aliphatic heterocycles. The van der Waals surface area contributed by atoms with Crippen molar-refractivity contribution in [3.8, 4) is 22.7 Å². The van der Waals surface area contributed by atoms with Gasteiger partial charge in [-0.3, -0.25) is 4.79 Å². The van der Waals surface area contributed by atoms with Crippen LogP contribution in [-0.4, -0.2) is 15.9 Å². The topological polar surface area (TPSA) is 60.4 Å². The zero-order valence-electron chi connectivity index (χ0n) is 16.6. The Balaban J connectivity index is 1.59. The van der Waals surface area contributed by atoms with Crippen molar-refractivity contribution in [2.75, 3.05) is 0 Å². The Labute approximate surface area is 190 Å². The standard InChI is InChI=1S/C25H15BrFN3O2/c26-21-14-17(27)10-12-19(21)23-13-11-18(32-23)15-28-30-24(16-6-2-1-3-7-16)29-22-9-5-4-8-20(22)25(30)31/h1-15H. The van der Waals surface area contributed by atoms with Crippen molar-refractivity contribution in [1.82, 2.24) is 9.66 Å². The molecule has 0 aliphatic rings. The molecule has 0 atom stereocenters. The summed E-state index contributed by atoms with van der Waals surface area (Å²) in [6.45, 7) is 0. The highest BCUT2D eigenvalue weighted by atomic mass is 79.9. The molecule has 0 spiro atoms. The van der Waals surface area contributed by atoms with Gasteiger partial charge in [-0.2, -0.15) is 9.78 Å². The highest BCUT2D eigenvalue weighted by Gasteiger charge is 2.13. The third-order valence-corrected chi connectivity index (χ3v) is 5.57. The van der Waals surface area contributed by atoms with Crippen molar-refractivity contribution >= 4 is 33.0 Å². The number of nitrogens with zero attached hydrogens (tertiary/aromatic N) is 3. The number of rotatable bonds is 4. The van der Waals surface area contributed by atoms with Gasteiger partial charge in [0.1, 0.15) is 17.3 Å². The summed E-state index contributed by atoms with van der Waals surface area (Å²) in [5.41, 5.74) is 1.80. The molecular weight excluding hydrogens is 473 g/mol. The third kappa shape index (κ3) is 3.78. The molecule has 0 bridgehead atoms. The zero-order chi connectivity index (χ0) is 22.1. The lowest BCUT2D eigenvalue weighted by Gasteiger charge is -2.09. The molecule has 156 valence electrons. The van der Waals surface area contributed by atoms with Gasteiger partial charge in [0.15, 0.2) is 5.82 Å². The number of fused-ring (bicyclic) bond motifs is 1. The van der Waals surface area contributed by atoms with E-state index in [-0.39, 0.29) is 11.4 Å². The van der Waals surface area contributed by atoms with Gasteiger partial charge in [-0.15, -0.1) is 0 Å². The van der Waals surface area contributed by atoms with Gasteiger partial charge in [-0.05, 0) is 58.4 Å². The number of benzene rings is 3. The number of hydrogen-bond acceptors (Lipinski definition) is 4. The molecule has 0 amide bonds. The maximum absolute atomic E-state index is 13.4. The van der Waals surface area contributed by atoms with Crippen LogP contribution in [-0.2, 0) is 0 Å². The summed E-state index contributed by atoms with van der Waals surface area (Å²) in [7, 11) is 0. The van der Waals surface area contributed by atoms with Crippen LogP contribution in [0.2, 0.25) is 0 Å². The first-order valence-electron chi connectivity index (χ1n) is 9.77. The highest BCUT2D eigenvalue weighted by Crippen LogP contribution is 2.30. The first kappa shape index (κ1) is 20.1. The van der Waals surface area contributed by atoms with Crippen molar-refractivity contribution in [2.24, 2.45) is 5.10 Å². The van der Waals surface area contributed by atoms with Gasteiger partial charge in [-0.1, -0.05) is 42.5 Å². The van der Waals surface area contributed by atoms with Crippen molar-refractivity contribution in [3.63, 3.8) is 0 Å². The second-order valence-corrected chi connectivity index (χ2v) is 7.86. The van der Waals surface area contributed by atoms with Crippen molar-refractivity contribution < 1.29 is 8.81 Å². The Morgan fingerprint density at radius 3 is 2.56 bits per heavy atom. The minimum atomic E-state index is -0.342. The molecule has 0 unspecified atom stereocenters. The van der Waals surface area contributed by atoms with E-state index in [9.17, 15) is 9.18 Å². The largest absolute Gasteiger partial charge is 0.455 e. The van der Waals surface area contributed by atoms with Gasteiger partial charge >= 0.3 is 0 Å². The van der Waals surface area contributed by atoms with E-state index < -0.39 is 0 Å². The molecular formula is C25H15BrFN3O2. The van der Waals surface area contributed by atoms with E-state index in [0.29, 0.717) is 38.3 Å². The molecule has 5 aromatic rings. The van der Waals surface area contributed by atoms with Crippen LogP contribution < -0.4 is 5.56 Å². The fourth-order valence-corrected chi connectivity index (χ4v) is 3.92. The fourth-order valence-electron chi connectivity index (χ4n) is 3.38. The number of halogens is 2. The van der Waals surface area contributed by atoms with Crippen LogP contribution >= 0.6 is 15.9 Å². The molecule has 2 aromatic heterocycles. The minimum absolute atomic E-state index is 0.279. The molecule has 0 saturated heterocycles. The Kier molecular flexibility index (Phi) is 5.25. The summed E-state index contributed by atoms with van der Waals surface area (Å²) in [5, 5.41) is 4.87. The molecule has 7 heteroatoms. The lowest BCUT2D eigenvalue weighted by atomic mass is 10.2. The second kappa shape index (κ2) is 8.36. The Bertz CT molecular complexity index is 1520. The van der Waals surface area contributed by atoms with E-state index in [4.69, 9.17) is 4.42 Å². The minimum Gasteiger partial charge on any atom is -0.455 e. The van der Waals surface area contributed by atoms with Gasteiger partial charge < -0.3 is 4.42 Å². The fraction of sp³-hybridized carbons (Fsp3) is 0. The summed E-state index contributed by atoms with van der Waals surface area (Å²) in [6, 6.07) is 24.4. The lowest BCUT2D eigenvalue weighted by Crippen LogP contribution is -2.20. The average Bonchev–Trinajstić information content (AvgIpc) is 3.27. The lowest BCUT2D eigenvalue weighted by molar-refractivity contribution is 0.573. The molecule has 3 aromatic carbocycles. The number of hydrogen-bond donors (Lipinski definition) is 0. The third-order valence-electron chi connectivity index (χ3n) is 4.91. The van der Waals surface area contributed by atoms with E-state index >= 15 is 0 Å². The molecule has 32 heavy (non-hydrogen) atoms. The molecule has 5 nitrogen and oxygen atoms in total. The number of furan rings is 1. The summed E-state index contributed by atoms with van der Waals surface area (Å²) in [4.78, 5) is 17.9. The number of para-hydroxylation sites is 1. The van der Waals surface area contributed by atoms with Gasteiger partial charge in [0.25, 0.3) is 5.56 Å². The predicted octanol–water partition coefficient (Wildman–Crippen LogP) is 6.11. The monoisotopic (exact) mass is 487 g/mol. The Morgan fingerprint density at radius 2 is 1.75 bits per heavy atom. The maximum atomic E-state index is 13.4. The molecule has 0 radical (unpaired) electrons. The number of aromatic nitrogens is 2. The van der Waals surface area contributed by atoms with Crippen LogP contribution in [0.3, 0.4) is 0 Å². The van der Waals surface area contributed by atoms with Crippen LogP contribution in [0.25, 0.3) is 33.6 Å². The summed E-state index contributed by atoms with van der Waals surface area (Å²) in [6.07, 6.45) is 1.46. The molecule has 0 N–H and O–H groups in total. The van der Waals surface area contributed by atoms with E-state index in [1.165, 1.54) is 23.0 Å². The van der Waals surface area contributed by atoms with Crippen LogP contribution in [0.4, 0.5) is 4.39 Å². The van der Waals surface area contributed by atoms with Crippen molar-refractivity contribution in [1.29, 1.82) is 0 Å². The van der Waals surface area contributed by atoms with Crippen LogP contribution in [0, 0.1) is 5.82 Å². The molecule has 5 rings (SSSR count). The average molecular weight is 488 g/mol. The smallest absolute Gasteiger partial charge is 0.282 e. The Morgan fingerprint density at radius 1 is 0.969 bits per heavy atom. The van der Waals surface area contributed by atoms with Gasteiger partial charge in [-0.25, -0.2) is 9.37 Å². The van der Waals surface area contributed by atoms with Gasteiger partial charge in [0, 0.05) is 15.6 Å². The van der Waals surface area contributed by atoms with Crippen LogP contribution in [0.1, 0.15) is 5.76 Å². The SMILES string of the molecule is O=c1c2ccccc2nc(-c2ccccc2)n1N=Cc1ccc(-c2ccc(F)cc2Br)o1. The van der Waals surface area contributed by atoms with Crippen LogP contribution in [0.5, 0.6) is 0 Å². The quantitative estimate of drug-likeness (QED) is 0.287. The molecule has 0 fully saturated rings. The first-order chi connectivity index (χ1) is 15.6. The summed E-state index contributed by atoms with van der Waals surface area (Å²) >= 11 is 3.35. The molecule has 0 aliphatic carbocycles. The maximum Gasteiger partial charge on any atom is 0.282 e. The summed E-state index contributed by atoms with van der Waals surface area (Å²) in [5.74, 6) is 1.07. The first-order valence-corrected chi connectivity index (χ1v) is 10.6. The van der Waals surface area contributed by atoms with Gasteiger partial charge in [0.2, 0.25) is 0 Å². The van der Waals surface area contributed by atoms with E-state index in [0.717, 1.165) is 5.56 Å². The molecule has 2 heterocycles. The summed E-state index contributed by atoms with van der Waals surface area (Å²) < 4.78 is 21.1. The van der Waals surface area contributed by atoms with Crippen LogP contribution in [0.15, 0.2) is 104 Å². The van der Waals surface area contributed by atoms with Crippen molar-refractivity contribution in [3.05, 3.63) is 111 Å². The van der Waals surface area contributed by atoms with Gasteiger partial charge in [0.05, 0.1) is 17.1 Å².